The molecule has 0 aromatic carbocycles. The van der Waals surface area contributed by atoms with Gasteiger partial charge in [-0.1, -0.05) is 12.5 Å². The van der Waals surface area contributed by atoms with Crippen LogP contribution in [0.25, 0.3) is 0 Å². The minimum absolute atomic E-state index is 0.226. The van der Waals surface area contributed by atoms with Crippen LogP contribution in [-0.4, -0.2) is 28.5 Å². The molecule has 1 aromatic rings. The molecule has 1 aliphatic heterocycles. The first-order chi connectivity index (χ1) is 8.20. The van der Waals surface area contributed by atoms with Crippen molar-refractivity contribution in [3.63, 3.8) is 0 Å². The van der Waals surface area contributed by atoms with Gasteiger partial charge in [-0.3, -0.25) is 9.88 Å². The van der Waals surface area contributed by atoms with E-state index in [1.54, 1.807) is 0 Å². The van der Waals surface area contributed by atoms with Crippen molar-refractivity contribution >= 4 is 0 Å². The van der Waals surface area contributed by atoms with E-state index < -0.39 is 0 Å². The number of hydrogen-bond donors (Lipinski definition) is 1. The Morgan fingerprint density at radius 1 is 1.41 bits per heavy atom. The maximum Gasteiger partial charge on any atom is 0.0517 e. The first-order valence-corrected chi connectivity index (χ1v) is 6.61. The minimum atomic E-state index is 0.226. The summed E-state index contributed by atoms with van der Waals surface area (Å²) in [6.07, 6.45) is 7.39. The summed E-state index contributed by atoms with van der Waals surface area (Å²) >= 11 is 0. The minimum Gasteiger partial charge on any atom is -0.326 e. The molecule has 1 fully saturated rings. The summed E-state index contributed by atoms with van der Waals surface area (Å²) in [4.78, 5) is 6.76. The van der Waals surface area contributed by atoms with Gasteiger partial charge < -0.3 is 5.73 Å². The molecule has 94 valence electrons. The maximum absolute atomic E-state index is 6.37. The van der Waals surface area contributed by atoms with Crippen molar-refractivity contribution in [3.05, 3.63) is 30.1 Å². The van der Waals surface area contributed by atoms with Crippen LogP contribution in [0.2, 0.25) is 0 Å². The third-order valence-electron chi connectivity index (χ3n) is 3.66. The smallest absolute Gasteiger partial charge is 0.0517 e. The fourth-order valence-electron chi connectivity index (χ4n) is 2.79. The van der Waals surface area contributed by atoms with E-state index >= 15 is 0 Å². The van der Waals surface area contributed by atoms with Gasteiger partial charge in [0.25, 0.3) is 0 Å². The number of hydrogen-bond acceptors (Lipinski definition) is 3. The molecule has 1 aromatic heterocycles. The topological polar surface area (TPSA) is 42.1 Å². The highest BCUT2D eigenvalue weighted by molar-refractivity contribution is 5.17. The van der Waals surface area contributed by atoms with E-state index in [9.17, 15) is 0 Å². The van der Waals surface area contributed by atoms with Gasteiger partial charge in [0.2, 0.25) is 0 Å². The summed E-state index contributed by atoms with van der Waals surface area (Å²) in [6.45, 7) is 5.65. The highest BCUT2D eigenvalue weighted by Gasteiger charge is 2.30. The fraction of sp³-hybridized carbons (Fsp3) is 0.643. The van der Waals surface area contributed by atoms with Crippen LogP contribution in [0, 0.1) is 0 Å². The van der Waals surface area contributed by atoms with Gasteiger partial charge in [0.15, 0.2) is 0 Å². The second-order valence-electron chi connectivity index (χ2n) is 5.22. The highest BCUT2D eigenvalue weighted by Crippen LogP contribution is 2.30. The standard InChI is InChI=1S/C14H23N3/c1-11(2)17-9-4-3-7-13(15)14(17)12-6-5-8-16-10-12/h5-6,8,10-11,13-14H,3-4,7,9,15H2,1-2H3. The van der Waals surface area contributed by atoms with Crippen LogP contribution >= 0.6 is 0 Å². The Hall–Kier alpha value is -0.930. The van der Waals surface area contributed by atoms with Crippen molar-refractivity contribution in [2.24, 2.45) is 5.73 Å². The van der Waals surface area contributed by atoms with E-state index in [4.69, 9.17) is 5.73 Å². The molecule has 1 aliphatic rings. The molecule has 0 amide bonds. The van der Waals surface area contributed by atoms with E-state index in [0.29, 0.717) is 12.1 Å². The van der Waals surface area contributed by atoms with Crippen molar-refractivity contribution in [1.29, 1.82) is 0 Å². The zero-order chi connectivity index (χ0) is 12.3. The van der Waals surface area contributed by atoms with Crippen LogP contribution in [0.5, 0.6) is 0 Å². The van der Waals surface area contributed by atoms with Gasteiger partial charge in [-0.2, -0.15) is 0 Å². The molecule has 0 radical (unpaired) electrons. The Balaban J connectivity index is 2.29. The van der Waals surface area contributed by atoms with E-state index in [0.717, 1.165) is 13.0 Å². The van der Waals surface area contributed by atoms with Gasteiger partial charge in [-0.15, -0.1) is 0 Å². The third-order valence-corrected chi connectivity index (χ3v) is 3.66. The first kappa shape index (κ1) is 12.5. The molecule has 2 unspecified atom stereocenters. The van der Waals surface area contributed by atoms with E-state index in [1.807, 2.05) is 18.5 Å². The Morgan fingerprint density at radius 2 is 2.24 bits per heavy atom. The van der Waals surface area contributed by atoms with Gasteiger partial charge in [-0.25, -0.2) is 0 Å². The summed E-state index contributed by atoms with van der Waals surface area (Å²) < 4.78 is 0. The van der Waals surface area contributed by atoms with Crippen LogP contribution in [0.15, 0.2) is 24.5 Å². The van der Waals surface area contributed by atoms with Gasteiger partial charge >= 0.3 is 0 Å². The maximum atomic E-state index is 6.37. The number of rotatable bonds is 2. The SMILES string of the molecule is CC(C)N1CCCCC(N)C1c1cccnc1. The predicted molar refractivity (Wildman–Crippen MR) is 70.6 cm³/mol. The summed E-state index contributed by atoms with van der Waals surface area (Å²) in [5, 5.41) is 0. The molecule has 0 bridgehead atoms. The average molecular weight is 233 g/mol. The zero-order valence-electron chi connectivity index (χ0n) is 10.8. The Kier molecular flexibility index (Phi) is 4.13. The molecule has 0 aliphatic carbocycles. The molecule has 0 saturated carbocycles. The summed E-state index contributed by atoms with van der Waals surface area (Å²) in [7, 11) is 0. The van der Waals surface area contributed by atoms with Crippen LogP contribution in [0.1, 0.15) is 44.7 Å². The Bertz CT molecular complexity index is 337. The van der Waals surface area contributed by atoms with Gasteiger partial charge in [-0.05, 0) is 44.9 Å². The van der Waals surface area contributed by atoms with Crippen molar-refractivity contribution in [2.75, 3.05) is 6.54 Å². The predicted octanol–water partition coefficient (Wildman–Crippen LogP) is 2.34. The second kappa shape index (κ2) is 5.61. The van der Waals surface area contributed by atoms with Crippen LogP contribution in [0.4, 0.5) is 0 Å². The van der Waals surface area contributed by atoms with Crippen molar-refractivity contribution in [1.82, 2.24) is 9.88 Å². The van der Waals surface area contributed by atoms with Gasteiger partial charge in [0.05, 0.1) is 6.04 Å². The van der Waals surface area contributed by atoms with E-state index in [1.165, 1.54) is 18.4 Å². The van der Waals surface area contributed by atoms with Crippen molar-refractivity contribution < 1.29 is 0 Å². The molecule has 1 saturated heterocycles. The summed E-state index contributed by atoms with van der Waals surface area (Å²) in [6, 6.07) is 5.24. The first-order valence-electron chi connectivity index (χ1n) is 6.61. The van der Waals surface area contributed by atoms with Crippen LogP contribution in [-0.2, 0) is 0 Å². The van der Waals surface area contributed by atoms with Crippen LogP contribution < -0.4 is 5.73 Å². The highest BCUT2D eigenvalue weighted by atomic mass is 15.2. The molecule has 2 atom stereocenters. The lowest BCUT2D eigenvalue weighted by atomic mass is 9.97. The molecule has 2 heterocycles. The summed E-state index contributed by atoms with van der Waals surface area (Å²) in [5.41, 5.74) is 7.63. The quantitative estimate of drug-likeness (QED) is 0.852. The lowest BCUT2D eigenvalue weighted by Gasteiger charge is -2.36. The lowest BCUT2D eigenvalue weighted by Crippen LogP contribution is -2.43. The molecule has 2 rings (SSSR count). The lowest BCUT2D eigenvalue weighted by molar-refractivity contribution is 0.144. The second-order valence-corrected chi connectivity index (χ2v) is 5.22. The normalized spacial score (nSPS) is 27.1. The molecule has 2 N–H and O–H groups in total. The van der Waals surface area contributed by atoms with Gasteiger partial charge in [0, 0.05) is 24.5 Å². The molecular weight excluding hydrogens is 210 g/mol. The number of nitrogens with zero attached hydrogens (tertiary/aromatic N) is 2. The average Bonchev–Trinajstić information content (AvgIpc) is 2.52. The number of likely N-dealkylation sites (tertiary alicyclic amines) is 1. The number of aromatic nitrogens is 1. The molecule has 0 spiro atoms. The number of pyridine rings is 1. The molecule has 3 heteroatoms. The molecular formula is C14H23N3. The monoisotopic (exact) mass is 233 g/mol. The van der Waals surface area contributed by atoms with E-state index in [2.05, 4.69) is 29.8 Å². The Morgan fingerprint density at radius 3 is 2.88 bits per heavy atom. The zero-order valence-corrected chi connectivity index (χ0v) is 10.8. The summed E-state index contributed by atoms with van der Waals surface area (Å²) in [5.74, 6) is 0. The van der Waals surface area contributed by atoms with E-state index in [-0.39, 0.29) is 6.04 Å². The third kappa shape index (κ3) is 2.85. The Labute approximate surface area is 104 Å². The fourth-order valence-corrected chi connectivity index (χ4v) is 2.79. The van der Waals surface area contributed by atoms with Crippen molar-refractivity contribution in [2.45, 2.75) is 51.2 Å². The van der Waals surface area contributed by atoms with Gasteiger partial charge in [0.1, 0.15) is 0 Å². The number of nitrogens with two attached hydrogens (primary N) is 1. The molecule has 17 heavy (non-hydrogen) atoms. The van der Waals surface area contributed by atoms with Crippen LogP contribution in [0.3, 0.4) is 0 Å². The van der Waals surface area contributed by atoms with Crippen molar-refractivity contribution in [3.8, 4) is 0 Å². The largest absolute Gasteiger partial charge is 0.326 e. The molecule has 3 nitrogen and oxygen atoms in total.